The van der Waals surface area contributed by atoms with Crippen LogP contribution in [0.3, 0.4) is 0 Å². The number of amides is 1. The van der Waals surface area contributed by atoms with Crippen molar-refractivity contribution in [2.75, 3.05) is 11.5 Å². The molecule has 2 aromatic rings. The lowest BCUT2D eigenvalue weighted by molar-refractivity contribution is -0.121. The standard InChI is InChI=1S/C19H21NO4/c1-13(2)20-16-8-15(10-21)9-17(19(16)24-12-18(20)22)23-11-14-6-4-3-5-7-14/h3-9,13,21H,10-12H2,1-2H3. The number of aliphatic hydroxyl groups excluding tert-OH is 1. The van der Waals surface area contributed by atoms with Gasteiger partial charge < -0.3 is 19.5 Å². The highest BCUT2D eigenvalue weighted by atomic mass is 16.5. The van der Waals surface area contributed by atoms with E-state index >= 15 is 0 Å². The molecule has 0 radical (unpaired) electrons. The predicted octanol–water partition coefficient (Wildman–Crippen LogP) is 2.89. The van der Waals surface area contributed by atoms with Gasteiger partial charge in [-0.3, -0.25) is 4.79 Å². The molecule has 126 valence electrons. The van der Waals surface area contributed by atoms with Crippen molar-refractivity contribution < 1.29 is 19.4 Å². The minimum Gasteiger partial charge on any atom is -0.485 e. The number of ether oxygens (including phenoxy) is 2. The summed E-state index contributed by atoms with van der Waals surface area (Å²) < 4.78 is 11.6. The second-order valence-electron chi connectivity index (χ2n) is 6.02. The summed E-state index contributed by atoms with van der Waals surface area (Å²) in [7, 11) is 0. The van der Waals surface area contributed by atoms with Crippen LogP contribution in [0.2, 0.25) is 0 Å². The molecule has 5 heteroatoms. The summed E-state index contributed by atoms with van der Waals surface area (Å²) in [5.41, 5.74) is 2.37. The van der Waals surface area contributed by atoms with Crippen molar-refractivity contribution in [2.45, 2.75) is 33.1 Å². The molecule has 3 rings (SSSR count). The second kappa shape index (κ2) is 6.93. The molecule has 0 spiro atoms. The van der Waals surface area contributed by atoms with E-state index in [4.69, 9.17) is 9.47 Å². The SMILES string of the molecule is CC(C)N1C(=O)COc2c(OCc3ccccc3)cc(CO)cc21. The maximum Gasteiger partial charge on any atom is 0.265 e. The molecule has 0 aromatic heterocycles. The van der Waals surface area contributed by atoms with Crippen LogP contribution in [-0.2, 0) is 18.0 Å². The fourth-order valence-electron chi connectivity index (χ4n) is 2.80. The Morgan fingerprint density at radius 1 is 1.21 bits per heavy atom. The predicted molar refractivity (Wildman–Crippen MR) is 91.3 cm³/mol. The molecule has 0 bridgehead atoms. The summed E-state index contributed by atoms with van der Waals surface area (Å²) >= 11 is 0. The van der Waals surface area contributed by atoms with Gasteiger partial charge in [-0.1, -0.05) is 30.3 Å². The molecule has 0 fully saturated rings. The molecule has 0 aliphatic carbocycles. The first-order chi connectivity index (χ1) is 11.6. The molecule has 1 aliphatic rings. The fraction of sp³-hybridized carbons (Fsp3) is 0.316. The summed E-state index contributed by atoms with van der Waals surface area (Å²) in [6.07, 6.45) is 0. The molecule has 2 aromatic carbocycles. The lowest BCUT2D eigenvalue weighted by Gasteiger charge is -2.33. The van der Waals surface area contributed by atoms with Crippen molar-refractivity contribution in [1.29, 1.82) is 0 Å². The molecular weight excluding hydrogens is 306 g/mol. The molecule has 24 heavy (non-hydrogen) atoms. The third-order valence-electron chi connectivity index (χ3n) is 3.90. The van der Waals surface area contributed by atoms with Crippen LogP contribution < -0.4 is 14.4 Å². The highest BCUT2D eigenvalue weighted by Gasteiger charge is 2.30. The molecular formula is C19H21NO4. The van der Waals surface area contributed by atoms with Crippen molar-refractivity contribution in [2.24, 2.45) is 0 Å². The van der Waals surface area contributed by atoms with Gasteiger partial charge in [0, 0.05) is 6.04 Å². The Labute approximate surface area is 141 Å². The number of rotatable bonds is 5. The molecule has 0 atom stereocenters. The Hall–Kier alpha value is -2.53. The zero-order valence-electron chi connectivity index (χ0n) is 13.9. The van der Waals surface area contributed by atoms with E-state index in [2.05, 4.69) is 0 Å². The van der Waals surface area contributed by atoms with Gasteiger partial charge in [0.15, 0.2) is 18.1 Å². The molecule has 1 amide bonds. The average Bonchev–Trinajstić information content (AvgIpc) is 2.59. The van der Waals surface area contributed by atoms with E-state index in [0.717, 1.165) is 5.56 Å². The monoisotopic (exact) mass is 327 g/mol. The van der Waals surface area contributed by atoms with Gasteiger partial charge in [-0.2, -0.15) is 0 Å². The number of hydrogen-bond acceptors (Lipinski definition) is 4. The van der Waals surface area contributed by atoms with Gasteiger partial charge in [-0.05, 0) is 37.1 Å². The van der Waals surface area contributed by atoms with E-state index in [-0.39, 0.29) is 25.2 Å². The van der Waals surface area contributed by atoms with E-state index in [1.807, 2.05) is 44.2 Å². The van der Waals surface area contributed by atoms with E-state index < -0.39 is 0 Å². The van der Waals surface area contributed by atoms with Crippen molar-refractivity contribution in [3.63, 3.8) is 0 Å². The van der Waals surface area contributed by atoms with Gasteiger partial charge in [0.25, 0.3) is 5.91 Å². The first-order valence-electron chi connectivity index (χ1n) is 7.99. The van der Waals surface area contributed by atoms with Crippen LogP contribution in [0.4, 0.5) is 5.69 Å². The van der Waals surface area contributed by atoms with Gasteiger partial charge in [0.1, 0.15) is 6.61 Å². The summed E-state index contributed by atoms with van der Waals surface area (Å²) in [5, 5.41) is 9.54. The van der Waals surface area contributed by atoms with Gasteiger partial charge >= 0.3 is 0 Å². The Morgan fingerprint density at radius 3 is 2.62 bits per heavy atom. The van der Waals surface area contributed by atoms with Crippen molar-refractivity contribution in [3.8, 4) is 11.5 Å². The quantitative estimate of drug-likeness (QED) is 0.917. The second-order valence-corrected chi connectivity index (χ2v) is 6.02. The van der Waals surface area contributed by atoms with Crippen molar-refractivity contribution in [3.05, 3.63) is 53.6 Å². The molecule has 0 saturated carbocycles. The smallest absolute Gasteiger partial charge is 0.265 e. The molecule has 1 N–H and O–H groups in total. The molecule has 1 heterocycles. The zero-order chi connectivity index (χ0) is 17.1. The topological polar surface area (TPSA) is 59.0 Å². The summed E-state index contributed by atoms with van der Waals surface area (Å²) in [5.74, 6) is 0.997. The molecule has 0 saturated heterocycles. The maximum atomic E-state index is 12.2. The maximum absolute atomic E-state index is 12.2. The van der Waals surface area contributed by atoms with Crippen LogP contribution in [-0.4, -0.2) is 23.7 Å². The van der Waals surface area contributed by atoms with E-state index in [9.17, 15) is 9.90 Å². The van der Waals surface area contributed by atoms with Crippen LogP contribution in [0.1, 0.15) is 25.0 Å². The zero-order valence-corrected chi connectivity index (χ0v) is 13.9. The lowest BCUT2D eigenvalue weighted by atomic mass is 10.1. The van der Waals surface area contributed by atoms with Crippen molar-refractivity contribution in [1.82, 2.24) is 0 Å². The third-order valence-corrected chi connectivity index (χ3v) is 3.90. The van der Waals surface area contributed by atoms with Gasteiger partial charge in [0.05, 0.1) is 12.3 Å². The third kappa shape index (κ3) is 3.21. The molecule has 5 nitrogen and oxygen atoms in total. The van der Waals surface area contributed by atoms with Gasteiger partial charge in [-0.15, -0.1) is 0 Å². The number of nitrogens with zero attached hydrogens (tertiary/aromatic N) is 1. The van der Waals surface area contributed by atoms with Crippen molar-refractivity contribution >= 4 is 11.6 Å². The largest absolute Gasteiger partial charge is 0.485 e. The number of hydrogen-bond donors (Lipinski definition) is 1. The highest BCUT2D eigenvalue weighted by molar-refractivity contribution is 5.99. The number of anilines is 1. The van der Waals surface area contributed by atoms with Crippen LogP contribution in [0.15, 0.2) is 42.5 Å². The number of aliphatic hydroxyl groups is 1. The first-order valence-corrected chi connectivity index (χ1v) is 7.99. The van der Waals surface area contributed by atoms with E-state index in [1.54, 1.807) is 17.0 Å². The Kier molecular flexibility index (Phi) is 4.71. The van der Waals surface area contributed by atoms with E-state index in [0.29, 0.717) is 29.4 Å². The Balaban J connectivity index is 1.96. The van der Waals surface area contributed by atoms with Crippen LogP contribution in [0, 0.1) is 0 Å². The molecule has 1 aliphatic heterocycles. The van der Waals surface area contributed by atoms with Crippen LogP contribution in [0.5, 0.6) is 11.5 Å². The molecule has 0 unspecified atom stereocenters. The average molecular weight is 327 g/mol. The summed E-state index contributed by atoms with van der Waals surface area (Å²) in [4.78, 5) is 13.9. The Morgan fingerprint density at radius 2 is 1.96 bits per heavy atom. The lowest BCUT2D eigenvalue weighted by Crippen LogP contribution is -2.43. The first kappa shape index (κ1) is 16.3. The number of fused-ring (bicyclic) bond motifs is 1. The minimum atomic E-state index is -0.130. The number of carbonyl (C=O) groups excluding carboxylic acids is 1. The summed E-state index contributed by atoms with van der Waals surface area (Å²) in [6, 6.07) is 13.4. The Bertz CT molecular complexity index is 728. The number of benzene rings is 2. The highest BCUT2D eigenvalue weighted by Crippen LogP contribution is 2.42. The van der Waals surface area contributed by atoms with E-state index in [1.165, 1.54) is 0 Å². The summed E-state index contributed by atoms with van der Waals surface area (Å²) in [6.45, 7) is 4.15. The van der Waals surface area contributed by atoms with Crippen LogP contribution >= 0.6 is 0 Å². The number of carbonyl (C=O) groups is 1. The van der Waals surface area contributed by atoms with Gasteiger partial charge in [0.2, 0.25) is 0 Å². The van der Waals surface area contributed by atoms with Gasteiger partial charge in [-0.25, -0.2) is 0 Å². The normalized spacial score (nSPS) is 13.7. The van der Waals surface area contributed by atoms with Crippen LogP contribution in [0.25, 0.3) is 0 Å². The fourth-order valence-corrected chi connectivity index (χ4v) is 2.80. The minimum absolute atomic E-state index is 0.00364.